The van der Waals surface area contributed by atoms with Crippen LogP contribution in [0.1, 0.15) is 50.1 Å². The normalized spacial score (nSPS) is 23.9. The number of hydrogen-bond acceptors (Lipinski definition) is 3. The summed E-state index contributed by atoms with van der Waals surface area (Å²) in [5.41, 5.74) is 0.931. The average molecular weight is 395 g/mol. The van der Waals surface area contributed by atoms with Crippen LogP contribution in [-0.4, -0.2) is 41.9 Å². The lowest BCUT2D eigenvalue weighted by Gasteiger charge is -2.31. The summed E-state index contributed by atoms with van der Waals surface area (Å²) in [5, 5.41) is 11.3. The van der Waals surface area contributed by atoms with E-state index >= 15 is 0 Å². The Morgan fingerprint density at radius 1 is 1.12 bits per heavy atom. The van der Waals surface area contributed by atoms with E-state index in [2.05, 4.69) is 4.90 Å². The largest absolute Gasteiger partial charge is 0.392 e. The van der Waals surface area contributed by atoms with Crippen LogP contribution in [0, 0.1) is 0 Å². The molecule has 3 rings (SSSR count). The minimum absolute atomic E-state index is 0. The van der Waals surface area contributed by atoms with E-state index in [1.54, 1.807) is 0 Å². The lowest BCUT2D eigenvalue weighted by Crippen LogP contribution is -2.33. The minimum atomic E-state index is -0.270. The first-order valence-corrected chi connectivity index (χ1v) is 9.38. The lowest BCUT2D eigenvalue weighted by atomic mass is 9.97. The number of ether oxygens (including phenoxy) is 1. The van der Waals surface area contributed by atoms with Crippen molar-refractivity contribution in [3.05, 3.63) is 33.8 Å². The first-order valence-electron chi connectivity index (χ1n) is 8.63. The average Bonchev–Trinajstić information content (AvgIpc) is 2.97. The zero-order valence-electron chi connectivity index (χ0n) is 13.8. The number of nitrogens with zero attached hydrogens (tertiary/aromatic N) is 1. The summed E-state index contributed by atoms with van der Waals surface area (Å²) in [4.78, 5) is 2.25. The van der Waals surface area contributed by atoms with Gasteiger partial charge in [0.05, 0.1) is 24.9 Å². The highest BCUT2D eigenvalue weighted by molar-refractivity contribution is 6.36. The fraction of sp³-hybridized carbons (Fsp3) is 0.667. The Bertz CT molecular complexity index is 503. The molecule has 1 N–H and O–H groups in total. The molecule has 3 nitrogen and oxygen atoms in total. The van der Waals surface area contributed by atoms with Gasteiger partial charge in [-0.15, -0.1) is 12.4 Å². The summed E-state index contributed by atoms with van der Waals surface area (Å²) in [6.45, 7) is 2.09. The van der Waals surface area contributed by atoms with Crippen LogP contribution in [0.2, 0.25) is 10.0 Å². The molecule has 6 heteroatoms. The topological polar surface area (TPSA) is 32.7 Å². The molecule has 1 saturated heterocycles. The van der Waals surface area contributed by atoms with Gasteiger partial charge in [-0.25, -0.2) is 0 Å². The second-order valence-electron chi connectivity index (χ2n) is 6.68. The first-order chi connectivity index (χ1) is 11.1. The molecular formula is C18H26Cl3NO2. The van der Waals surface area contributed by atoms with Gasteiger partial charge in [0.15, 0.2) is 0 Å². The highest BCUT2D eigenvalue weighted by Crippen LogP contribution is 2.36. The molecular weight excluding hydrogens is 369 g/mol. The molecule has 1 aliphatic heterocycles. The lowest BCUT2D eigenvalue weighted by molar-refractivity contribution is -0.00716. The van der Waals surface area contributed by atoms with Gasteiger partial charge in [0, 0.05) is 28.7 Å². The summed E-state index contributed by atoms with van der Waals surface area (Å²) >= 11 is 12.9. The number of hydrogen-bond donors (Lipinski definition) is 1. The molecule has 1 saturated carbocycles. The molecule has 136 valence electrons. The zero-order chi connectivity index (χ0) is 16.2. The van der Waals surface area contributed by atoms with E-state index in [4.69, 9.17) is 27.9 Å². The zero-order valence-corrected chi connectivity index (χ0v) is 16.1. The maximum Gasteiger partial charge on any atom is 0.0679 e. The molecule has 0 radical (unpaired) electrons. The van der Waals surface area contributed by atoms with Crippen molar-refractivity contribution in [2.24, 2.45) is 0 Å². The van der Waals surface area contributed by atoms with Gasteiger partial charge in [-0.2, -0.15) is 0 Å². The second kappa shape index (κ2) is 9.61. The number of β-amino-alcohol motifs (C(OH)–C–C–N with tert-alkyl or cyclic N) is 1. The van der Waals surface area contributed by atoms with Crippen molar-refractivity contribution in [2.75, 3.05) is 19.7 Å². The van der Waals surface area contributed by atoms with Gasteiger partial charge in [-0.1, -0.05) is 48.5 Å². The fourth-order valence-corrected chi connectivity index (χ4v) is 4.36. The molecule has 1 aromatic carbocycles. The van der Waals surface area contributed by atoms with Crippen LogP contribution in [0.25, 0.3) is 0 Å². The van der Waals surface area contributed by atoms with Crippen LogP contribution in [0.5, 0.6) is 0 Å². The number of rotatable bonds is 5. The van der Waals surface area contributed by atoms with Crippen molar-refractivity contribution >= 4 is 35.6 Å². The third-order valence-electron chi connectivity index (χ3n) is 5.01. The van der Waals surface area contributed by atoms with Crippen LogP contribution in [0.3, 0.4) is 0 Å². The summed E-state index contributed by atoms with van der Waals surface area (Å²) < 4.78 is 6.22. The molecule has 0 bridgehead atoms. The maximum atomic E-state index is 9.90. The van der Waals surface area contributed by atoms with E-state index in [0.29, 0.717) is 29.3 Å². The molecule has 2 fully saturated rings. The molecule has 1 aliphatic carbocycles. The number of likely N-dealkylation sites (tertiary alicyclic amines) is 1. The standard InChI is InChI=1S/C18H25Cl2NO2.ClH/c19-15-7-4-8-16(20)18(15)17(21-10-9-13(22)11-21)12-23-14-5-2-1-3-6-14;/h4,7-8,13-14,17,22H,1-3,5-6,9-12H2;1H. The Hall–Kier alpha value is -0.0300. The molecule has 2 atom stereocenters. The number of aliphatic hydroxyl groups is 1. The van der Waals surface area contributed by atoms with Crippen molar-refractivity contribution in [3.8, 4) is 0 Å². The Kier molecular flexibility index (Phi) is 8.12. The number of benzene rings is 1. The Balaban J connectivity index is 0.00000208. The van der Waals surface area contributed by atoms with Crippen molar-refractivity contribution < 1.29 is 9.84 Å². The summed E-state index contributed by atoms with van der Waals surface area (Å²) in [5.74, 6) is 0. The molecule has 24 heavy (non-hydrogen) atoms. The Labute approximate surface area is 160 Å². The van der Waals surface area contributed by atoms with Crippen LogP contribution in [0.15, 0.2) is 18.2 Å². The second-order valence-corrected chi connectivity index (χ2v) is 7.50. The minimum Gasteiger partial charge on any atom is -0.392 e. The van der Waals surface area contributed by atoms with Gasteiger partial charge in [0.25, 0.3) is 0 Å². The van der Waals surface area contributed by atoms with Crippen LogP contribution in [0.4, 0.5) is 0 Å². The SMILES string of the molecule is Cl.OC1CCN(C(COC2CCCCC2)c2c(Cl)cccc2Cl)C1. The highest BCUT2D eigenvalue weighted by atomic mass is 35.5. The quantitative estimate of drug-likeness (QED) is 0.773. The van der Waals surface area contributed by atoms with E-state index in [1.165, 1.54) is 19.3 Å². The highest BCUT2D eigenvalue weighted by Gasteiger charge is 2.31. The molecule has 1 aromatic rings. The summed E-state index contributed by atoms with van der Waals surface area (Å²) in [7, 11) is 0. The fourth-order valence-electron chi connectivity index (χ4n) is 3.71. The Morgan fingerprint density at radius 2 is 1.79 bits per heavy atom. The maximum absolute atomic E-state index is 9.90. The molecule has 1 heterocycles. The van der Waals surface area contributed by atoms with Crippen molar-refractivity contribution in [1.82, 2.24) is 4.90 Å². The van der Waals surface area contributed by atoms with Crippen molar-refractivity contribution in [1.29, 1.82) is 0 Å². The molecule has 0 amide bonds. The van der Waals surface area contributed by atoms with Gasteiger partial charge in [-0.3, -0.25) is 4.90 Å². The van der Waals surface area contributed by atoms with Crippen LogP contribution < -0.4 is 0 Å². The van der Waals surface area contributed by atoms with Gasteiger partial charge < -0.3 is 9.84 Å². The van der Waals surface area contributed by atoms with E-state index in [1.807, 2.05) is 18.2 Å². The summed E-state index contributed by atoms with van der Waals surface area (Å²) in [6, 6.07) is 5.63. The van der Waals surface area contributed by atoms with Gasteiger partial charge >= 0.3 is 0 Å². The van der Waals surface area contributed by atoms with Gasteiger partial charge in [0.2, 0.25) is 0 Å². The van der Waals surface area contributed by atoms with Crippen LogP contribution in [-0.2, 0) is 4.74 Å². The van der Waals surface area contributed by atoms with E-state index < -0.39 is 0 Å². The predicted octanol–water partition coefficient (Wildman–Crippen LogP) is 4.87. The summed E-state index contributed by atoms with van der Waals surface area (Å²) in [6.07, 6.45) is 6.99. The monoisotopic (exact) mass is 393 g/mol. The molecule has 2 aliphatic rings. The Morgan fingerprint density at radius 3 is 2.38 bits per heavy atom. The number of aliphatic hydroxyl groups excluding tert-OH is 1. The van der Waals surface area contributed by atoms with E-state index in [0.717, 1.165) is 31.4 Å². The molecule has 2 unspecified atom stereocenters. The van der Waals surface area contributed by atoms with Gasteiger partial charge in [-0.05, 0) is 31.4 Å². The smallest absolute Gasteiger partial charge is 0.0679 e. The van der Waals surface area contributed by atoms with Crippen molar-refractivity contribution in [3.63, 3.8) is 0 Å². The van der Waals surface area contributed by atoms with Crippen LogP contribution >= 0.6 is 35.6 Å². The molecule has 0 spiro atoms. The van der Waals surface area contributed by atoms with E-state index in [-0.39, 0.29) is 24.6 Å². The van der Waals surface area contributed by atoms with Gasteiger partial charge in [0.1, 0.15) is 0 Å². The third-order valence-corrected chi connectivity index (χ3v) is 5.67. The molecule has 0 aromatic heterocycles. The third kappa shape index (κ3) is 5.00. The van der Waals surface area contributed by atoms with E-state index in [9.17, 15) is 5.11 Å². The predicted molar refractivity (Wildman–Crippen MR) is 101 cm³/mol. The van der Waals surface area contributed by atoms with Crippen molar-refractivity contribution in [2.45, 2.75) is 56.8 Å². The first kappa shape index (κ1) is 20.3. The number of halogens is 3.